The third-order valence-corrected chi connectivity index (χ3v) is 2.97. The van der Waals surface area contributed by atoms with Crippen LogP contribution in [0.1, 0.15) is 28.3 Å². The summed E-state index contributed by atoms with van der Waals surface area (Å²) in [5.41, 5.74) is 0.784. The van der Waals surface area contributed by atoms with Gasteiger partial charge in [0.1, 0.15) is 5.76 Å². The molecule has 0 unspecified atom stereocenters. The fourth-order valence-electron chi connectivity index (χ4n) is 2.10. The number of rotatable bonds is 3. The van der Waals surface area contributed by atoms with Crippen LogP contribution in [0.5, 0.6) is 0 Å². The van der Waals surface area contributed by atoms with Gasteiger partial charge in [0, 0.05) is 18.7 Å². The zero-order chi connectivity index (χ0) is 12.4. The number of ether oxygens (including phenoxy) is 1. The van der Waals surface area contributed by atoms with E-state index < -0.39 is 5.97 Å². The molecule has 1 aromatic heterocycles. The van der Waals surface area contributed by atoms with Gasteiger partial charge in [-0.1, -0.05) is 0 Å². The van der Waals surface area contributed by atoms with Crippen LogP contribution in [0.25, 0.3) is 0 Å². The molecule has 0 amide bonds. The number of aryl methyl sites for hydroxylation is 1. The number of hydrogen-bond donors (Lipinski definition) is 1. The van der Waals surface area contributed by atoms with Crippen LogP contribution >= 0.6 is 0 Å². The van der Waals surface area contributed by atoms with Gasteiger partial charge in [-0.05, 0) is 19.4 Å². The summed E-state index contributed by atoms with van der Waals surface area (Å²) in [5.74, 6) is 0.550. The van der Waals surface area contributed by atoms with Crippen molar-refractivity contribution in [2.45, 2.75) is 26.0 Å². The quantitative estimate of drug-likeness (QED) is 0.795. The molecule has 1 atom stereocenters. The highest BCUT2D eigenvalue weighted by molar-refractivity contribution is 5.87. The second kappa shape index (κ2) is 4.89. The summed E-state index contributed by atoms with van der Waals surface area (Å²) in [4.78, 5) is 13.5. The Kier molecular flexibility index (Phi) is 3.49. The predicted octanol–water partition coefficient (Wildman–Crippen LogP) is 0.941. The smallest absolute Gasteiger partial charge is 0.374 e. The minimum absolute atomic E-state index is 0.244. The molecule has 5 heteroatoms. The number of esters is 1. The van der Waals surface area contributed by atoms with Crippen molar-refractivity contribution in [1.82, 2.24) is 4.90 Å². The number of hydrogen-bond acceptors (Lipinski definition) is 5. The number of aliphatic hydroxyl groups is 1. The van der Waals surface area contributed by atoms with Crippen molar-refractivity contribution in [3.63, 3.8) is 0 Å². The van der Waals surface area contributed by atoms with Gasteiger partial charge in [0.05, 0.1) is 19.8 Å². The molecule has 2 rings (SSSR count). The van der Waals surface area contributed by atoms with E-state index in [-0.39, 0.29) is 11.9 Å². The lowest BCUT2D eigenvalue weighted by atomic mass is 10.2. The van der Waals surface area contributed by atoms with Gasteiger partial charge < -0.3 is 14.3 Å². The summed E-state index contributed by atoms with van der Waals surface area (Å²) in [6, 6.07) is 1.84. The van der Waals surface area contributed by atoms with E-state index in [1.54, 1.807) is 0 Å². The third-order valence-electron chi connectivity index (χ3n) is 2.97. The molecule has 2 heterocycles. The molecule has 94 valence electrons. The van der Waals surface area contributed by atoms with Crippen LogP contribution < -0.4 is 0 Å². The van der Waals surface area contributed by atoms with Crippen molar-refractivity contribution in [2.24, 2.45) is 0 Å². The molecule has 0 aliphatic carbocycles. The Morgan fingerprint density at radius 2 is 2.47 bits per heavy atom. The van der Waals surface area contributed by atoms with Crippen molar-refractivity contribution in [3.05, 3.63) is 23.2 Å². The second-order valence-electron chi connectivity index (χ2n) is 4.39. The number of carbonyl (C=O) groups excluding carboxylic acids is 1. The summed E-state index contributed by atoms with van der Waals surface area (Å²) in [7, 11) is 1.33. The van der Waals surface area contributed by atoms with E-state index in [1.165, 1.54) is 7.11 Å². The highest BCUT2D eigenvalue weighted by atomic mass is 16.5. The fraction of sp³-hybridized carbons (Fsp3) is 0.583. The first-order chi connectivity index (χ1) is 8.10. The van der Waals surface area contributed by atoms with Gasteiger partial charge in [-0.3, -0.25) is 4.90 Å². The van der Waals surface area contributed by atoms with Crippen LogP contribution in [0.3, 0.4) is 0 Å². The molecule has 0 aromatic carbocycles. The number of carbonyl (C=O) groups is 1. The van der Waals surface area contributed by atoms with Crippen LogP contribution in [0.4, 0.5) is 0 Å². The average Bonchev–Trinajstić information content (AvgIpc) is 2.85. The van der Waals surface area contributed by atoms with Gasteiger partial charge in [-0.15, -0.1) is 0 Å². The highest BCUT2D eigenvalue weighted by Gasteiger charge is 2.22. The number of furan rings is 1. The largest absolute Gasteiger partial charge is 0.463 e. The first-order valence-corrected chi connectivity index (χ1v) is 5.68. The molecule has 1 aromatic rings. The van der Waals surface area contributed by atoms with E-state index in [9.17, 15) is 9.90 Å². The second-order valence-corrected chi connectivity index (χ2v) is 4.39. The molecular weight excluding hydrogens is 222 g/mol. The van der Waals surface area contributed by atoms with E-state index in [2.05, 4.69) is 9.64 Å². The van der Waals surface area contributed by atoms with Crippen molar-refractivity contribution >= 4 is 5.97 Å². The van der Waals surface area contributed by atoms with E-state index in [1.807, 2.05) is 13.0 Å². The van der Waals surface area contributed by atoms with Crippen LogP contribution in [0.2, 0.25) is 0 Å². The van der Waals surface area contributed by atoms with Gasteiger partial charge in [0.2, 0.25) is 5.76 Å². The van der Waals surface area contributed by atoms with Crippen molar-refractivity contribution in [1.29, 1.82) is 0 Å². The summed E-state index contributed by atoms with van der Waals surface area (Å²) in [6.07, 6.45) is 0.551. The minimum atomic E-state index is -0.449. The topological polar surface area (TPSA) is 62.9 Å². The molecule has 0 bridgehead atoms. The van der Waals surface area contributed by atoms with Gasteiger partial charge in [-0.2, -0.15) is 0 Å². The molecule has 0 saturated carbocycles. The number of methoxy groups -OCH3 is 1. The molecule has 1 N–H and O–H groups in total. The number of aliphatic hydroxyl groups excluding tert-OH is 1. The Labute approximate surface area is 100.0 Å². The SMILES string of the molecule is COC(=O)c1oc(CN2CC[C@@H](O)C2)cc1C. The van der Waals surface area contributed by atoms with Gasteiger partial charge in [-0.25, -0.2) is 4.79 Å². The van der Waals surface area contributed by atoms with E-state index in [0.717, 1.165) is 24.3 Å². The Morgan fingerprint density at radius 1 is 1.71 bits per heavy atom. The molecular formula is C12H17NO4. The molecule has 1 fully saturated rings. The maximum absolute atomic E-state index is 11.4. The van der Waals surface area contributed by atoms with Gasteiger partial charge in [0.25, 0.3) is 0 Å². The molecule has 5 nitrogen and oxygen atoms in total. The maximum atomic E-state index is 11.4. The number of nitrogens with zero attached hydrogens (tertiary/aromatic N) is 1. The Balaban J connectivity index is 2.05. The zero-order valence-corrected chi connectivity index (χ0v) is 10.1. The molecule has 17 heavy (non-hydrogen) atoms. The molecule has 1 saturated heterocycles. The number of likely N-dealkylation sites (tertiary alicyclic amines) is 1. The van der Waals surface area contributed by atoms with Crippen LogP contribution in [-0.4, -0.2) is 42.3 Å². The van der Waals surface area contributed by atoms with Crippen LogP contribution in [-0.2, 0) is 11.3 Å². The highest BCUT2D eigenvalue weighted by Crippen LogP contribution is 2.19. The average molecular weight is 239 g/mol. The van der Waals surface area contributed by atoms with Crippen molar-refractivity contribution < 1.29 is 19.1 Å². The van der Waals surface area contributed by atoms with Gasteiger partial charge >= 0.3 is 5.97 Å². The lowest BCUT2D eigenvalue weighted by molar-refractivity contribution is 0.0560. The monoisotopic (exact) mass is 239 g/mol. The first-order valence-electron chi connectivity index (χ1n) is 5.68. The van der Waals surface area contributed by atoms with Crippen LogP contribution in [0.15, 0.2) is 10.5 Å². The van der Waals surface area contributed by atoms with E-state index in [4.69, 9.17) is 4.42 Å². The van der Waals surface area contributed by atoms with Crippen LogP contribution in [0, 0.1) is 6.92 Å². The Hall–Kier alpha value is -1.33. The summed E-state index contributed by atoms with van der Waals surface area (Å²) in [6.45, 7) is 3.95. The zero-order valence-electron chi connectivity index (χ0n) is 10.1. The fourth-order valence-corrected chi connectivity index (χ4v) is 2.10. The summed E-state index contributed by atoms with van der Waals surface area (Å²) < 4.78 is 10.1. The first kappa shape index (κ1) is 12.1. The van der Waals surface area contributed by atoms with Crippen molar-refractivity contribution in [2.75, 3.05) is 20.2 Å². The minimum Gasteiger partial charge on any atom is -0.463 e. The number of β-amino-alcohol motifs (C(OH)–C–C–N with tert-alkyl or cyclic N) is 1. The normalized spacial score (nSPS) is 20.8. The lowest BCUT2D eigenvalue weighted by Crippen LogP contribution is -2.21. The summed E-state index contributed by atoms with van der Waals surface area (Å²) in [5, 5.41) is 9.42. The molecule has 0 radical (unpaired) electrons. The lowest BCUT2D eigenvalue weighted by Gasteiger charge is -2.12. The summed E-state index contributed by atoms with van der Waals surface area (Å²) >= 11 is 0. The Morgan fingerprint density at radius 3 is 3.06 bits per heavy atom. The maximum Gasteiger partial charge on any atom is 0.374 e. The predicted molar refractivity (Wildman–Crippen MR) is 60.7 cm³/mol. The van der Waals surface area contributed by atoms with Gasteiger partial charge in [0.15, 0.2) is 0 Å². The molecule has 1 aliphatic rings. The molecule has 0 spiro atoms. The van der Waals surface area contributed by atoms with E-state index in [0.29, 0.717) is 13.1 Å². The standard InChI is InChI=1S/C12H17NO4/c1-8-5-10(17-11(8)12(15)16-2)7-13-4-3-9(14)6-13/h5,9,14H,3-4,6-7H2,1-2H3/t9-/m1/s1. The Bertz CT molecular complexity index is 413. The van der Waals surface area contributed by atoms with E-state index >= 15 is 0 Å². The van der Waals surface area contributed by atoms with Crippen molar-refractivity contribution in [3.8, 4) is 0 Å². The third kappa shape index (κ3) is 2.68. The molecule has 1 aliphatic heterocycles.